The molecular weight excluding hydrogens is 280 g/mol. The quantitative estimate of drug-likeness (QED) is 0.922. The summed E-state index contributed by atoms with van der Waals surface area (Å²) in [5, 5.41) is 2.92. The molecule has 0 aromatic heterocycles. The van der Waals surface area contributed by atoms with Gasteiger partial charge < -0.3 is 19.7 Å². The maximum atomic E-state index is 12.6. The minimum atomic E-state index is -0.245. The molecule has 0 heterocycles. The molecule has 2 aromatic rings. The zero-order valence-corrected chi connectivity index (χ0v) is 13.2. The van der Waals surface area contributed by atoms with Gasteiger partial charge in [0.15, 0.2) is 11.5 Å². The van der Waals surface area contributed by atoms with Crippen molar-refractivity contribution in [1.82, 2.24) is 0 Å². The van der Waals surface area contributed by atoms with Gasteiger partial charge in [0, 0.05) is 14.1 Å². The SMILES string of the molecule is COc1cccc(C(=O)Nc2ccccc2N(C)C)c1OC. The zero-order valence-electron chi connectivity index (χ0n) is 13.2. The molecule has 0 spiro atoms. The highest BCUT2D eigenvalue weighted by atomic mass is 16.5. The van der Waals surface area contributed by atoms with Crippen LogP contribution in [0, 0.1) is 0 Å². The van der Waals surface area contributed by atoms with Crippen LogP contribution in [0.1, 0.15) is 10.4 Å². The normalized spacial score (nSPS) is 10.0. The van der Waals surface area contributed by atoms with E-state index in [1.807, 2.05) is 43.3 Å². The first-order chi connectivity index (χ1) is 10.6. The van der Waals surface area contributed by atoms with Crippen molar-refractivity contribution in [3.63, 3.8) is 0 Å². The Labute approximate surface area is 130 Å². The lowest BCUT2D eigenvalue weighted by atomic mass is 10.1. The number of benzene rings is 2. The van der Waals surface area contributed by atoms with Crippen LogP contribution in [0.4, 0.5) is 11.4 Å². The maximum Gasteiger partial charge on any atom is 0.259 e. The minimum Gasteiger partial charge on any atom is -0.493 e. The number of methoxy groups -OCH3 is 2. The molecule has 0 unspecified atom stereocenters. The minimum absolute atomic E-state index is 0.245. The summed E-state index contributed by atoms with van der Waals surface area (Å²) in [6.07, 6.45) is 0. The second-order valence-corrected chi connectivity index (χ2v) is 4.91. The molecule has 22 heavy (non-hydrogen) atoms. The lowest BCUT2D eigenvalue weighted by molar-refractivity contribution is 0.102. The van der Waals surface area contributed by atoms with Crippen molar-refractivity contribution in [3.05, 3.63) is 48.0 Å². The van der Waals surface area contributed by atoms with E-state index < -0.39 is 0 Å². The van der Waals surface area contributed by atoms with Crippen molar-refractivity contribution in [2.75, 3.05) is 38.5 Å². The molecule has 0 aliphatic carbocycles. The Morgan fingerprint density at radius 3 is 2.36 bits per heavy atom. The van der Waals surface area contributed by atoms with Crippen molar-refractivity contribution in [2.24, 2.45) is 0 Å². The van der Waals surface area contributed by atoms with Gasteiger partial charge in [-0.15, -0.1) is 0 Å². The summed E-state index contributed by atoms with van der Waals surface area (Å²) in [4.78, 5) is 14.5. The molecule has 0 atom stereocenters. The van der Waals surface area contributed by atoms with Gasteiger partial charge in [0.05, 0.1) is 31.2 Å². The number of hydrogen-bond acceptors (Lipinski definition) is 4. The van der Waals surface area contributed by atoms with Gasteiger partial charge in [0.2, 0.25) is 0 Å². The number of amides is 1. The first-order valence-electron chi connectivity index (χ1n) is 6.87. The van der Waals surface area contributed by atoms with E-state index in [0.717, 1.165) is 11.4 Å². The number of nitrogens with zero attached hydrogens (tertiary/aromatic N) is 1. The van der Waals surface area contributed by atoms with Gasteiger partial charge in [0.1, 0.15) is 0 Å². The molecule has 0 aliphatic rings. The fourth-order valence-electron chi connectivity index (χ4n) is 2.22. The molecule has 0 radical (unpaired) electrons. The van der Waals surface area contributed by atoms with Gasteiger partial charge in [-0.05, 0) is 24.3 Å². The molecule has 116 valence electrons. The molecule has 5 heteroatoms. The van der Waals surface area contributed by atoms with Crippen LogP contribution in [0.25, 0.3) is 0 Å². The van der Waals surface area contributed by atoms with E-state index in [4.69, 9.17) is 9.47 Å². The zero-order chi connectivity index (χ0) is 16.1. The molecule has 5 nitrogen and oxygen atoms in total. The van der Waals surface area contributed by atoms with Crippen molar-refractivity contribution >= 4 is 17.3 Å². The van der Waals surface area contributed by atoms with E-state index >= 15 is 0 Å². The lowest BCUT2D eigenvalue weighted by Gasteiger charge is -2.18. The Morgan fingerprint density at radius 2 is 1.73 bits per heavy atom. The van der Waals surface area contributed by atoms with Crippen LogP contribution in [-0.4, -0.2) is 34.2 Å². The fourth-order valence-corrected chi connectivity index (χ4v) is 2.22. The molecule has 1 amide bonds. The van der Waals surface area contributed by atoms with Crippen molar-refractivity contribution < 1.29 is 14.3 Å². The van der Waals surface area contributed by atoms with Crippen LogP contribution in [-0.2, 0) is 0 Å². The molecule has 2 rings (SSSR count). The monoisotopic (exact) mass is 300 g/mol. The Morgan fingerprint density at radius 1 is 1.00 bits per heavy atom. The first kappa shape index (κ1) is 15.7. The average Bonchev–Trinajstić information content (AvgIpc) is 2.54. The highest BCUT2D eigenvalue weighted by Crippen LogP contribution is 2.32. The molecule has 0 bridgehead atoms. The smallest absolute Gasteiger partial charge is 0.259 e. The van der Waals surface area contributed by atoms with Crippen LogP contribution in [0.3, 0.4) is 0 Å². The fraction of sp³-hybridized carbons (Fsp3) is 0.235. The number of rotatable bonds is 5. The van der Waals surface area contributed by atoms with Gasteiger partial charge in [-0.1, -0.05) is 18.2 Å². The third-order valence-electron chi connectivity index (χ3n) is 3.28. The lowest BCUT2D eigenvalue weighted by Crippen LogP contribution is -2.17. The average molecular weight is 300 g/mol. The summed E-state index contributed by atoms with van der Waals surface area (Å²) in [6.45, 7) is 0. The number of carbonyl (C=O) groups excluding carboxylic acids is 1. The number of nitrogens with one attached hydrogen (secondary N) is 1. The van der Waals surface area contributed by atoms with Gasteiger partial charge >= 0.3 is 0 Å². The Bertz CT molecular complexity index is 669. The maximum absolute atomic E-state index is 12.6. The van der Waals surface area contributed by atoms with Gasteiger partial charge in [0.25, 0.3) is 5.91 Å². The van der Waals surface area contributed by atoms with Crippen LogP contribution in [0.2, 0.25) is 0 Å². The number of para-hydroxylation sites is 3. The van der Waals surface area contributed by atoms with Gasteiger partial charge in [-0.2, -0.15) is 0 Å². The van der Waals surface area contributed by atoms with E-state index in [1.54, 1.807) is 25.3 Å². The second kappa shape index (κ2) is 6.85. The second-order valence-electron chi connectivity index (χ2n) is 4.91. The third-order valence-corrected chi connectivity index (χ3v) is 3.28. The van der Waals surface area contributed by atoms with Crippen LogP contribution in [0.5, 0.6) is 11.5 Å². The highest BCUT2D eigenvalue weighted by Gasteiger charge is 2.17. The number of anilines is 2. The topological polar surface area (TPSA) is 50.8 Å². The largest absolute Gasteiger partial charge is 0.493 e. The summed E-state index contributed by atoms with van der Waals surface area (Å²) < 4.78 is 10.5. The van der Waals surface area contributed by atoms with Crippen molar-refractivity contribution in [1.29, 1.82) is 0 Å². The summed E-state index contributed by atoms with van der Waals surface area (Å²) in [6, 6.07) is 12.8. The first-order valence-corrected chi connectivity index (χ1v) is 6.87. The Hall–Kier alpha value is -2.69. The molecule has 0 aliphatic heterocycles. The molecule has 0 saturated heterocycles. The number of carbonyl (C=O) groups is 1. The van der Waals surface area contributed by atoms with E-state index in [2.05, 4.69) is 5.32 Å². The van der Waals surface area contributed by atoms with Gasteiger partial charge in [-0.3, -0.25) is 4.79 Å². The van der Waals surface area contributed by atoms with Crippen molar-refractivity contribution in [2.45, 2.75) is 0 Å². The molecule has 1 N–H and O–H groups in total. The molecule has 0 fully saturated rings. The predicted molar refractivity (Wildman–Crippen MR) is 88.3 cm³/mol. The third kappa shape index (κ3) is 3.14. The van der Waals surface area contributed by atoms with Crippen molar-refractivity contribution in [3.8, 4) is 11.5 Å². The van der Waals surface area contributed by atoms with Gasteiger partial charge in [-0.25, -0.2) is 0 Å². The molecule has 0 saturated carbocycles. The summed E-state index contributed by atoms with van der Waals surface area (Å²) >= 11 is 0. The number of ether oxygens (including phenoxy) is 2. The van der Waals surface area contributed by atoms with E-state index in [-0.39, 0.29) is 5.91 Å². The predicted octanol–water partition coefficient (Wildman–Crippen LogP) is 3.02. The Balaban J connectivity index is 2.35. The van der Waals surface area contributed by atoms with Crippen LogP contribution >= 0.6 is 0 Å². The Kier molecular flexibility index (Phi) is 4.88. The highest BCUT2D eigenvalue weighted by molar-refractivity contribution is 6.08. The van der Waals surface area contributed by atoms with Crippen LogP contribution < -0.4 is 19.7 Å². The van der Waals surface area contributed by atoms with E-state index in [1.165, 1.54) is 7.11 Å². The summed E-state index contributed by atoms with van der Waals surface area (Å²) in [7, 11) is 6.91. The summed E-state index contributed by atoms with van der Waals surface area (Å²) in [5.41, 5.74) is 2.09. The number of hydrogen-bond donors (Lipinski definition) is 1. The van der Waals surface area contributed by atoms with Crippen LogP contribution in [0.15, 0.2) is 42.5 Å². The van der Waals surface area contributed by atoms with E-state index in [0.29, 0.717) is 17.1 Å². The summed E-state index contributed by atoms with van der Waals surface area (Å²) in [5.74, 6) is 0.700. The van der Waals surface area contributed by atoms with E-state index in [9.17, 15) is 4.79 Å². The molecular formula is C17H20N2O3. The molecule has 2 aromatic carbocycles. The standard InChI is InChI=1S/C17H20N2O3/c1-19(2)14-10-6-5-9-13(14)18-17(20)12-8-7-11-15(21-3)16(12)22-4/h5-11H,1-4H3,(H,18,20).